The van der Waals surface area contributed by atoms with E-state index in [1.807, 2.05) is 6.07 Å². The zero-order chi connectivity index (χ0) is 19.9. The maximum absolute atomic E-state index is 14.6. The molecule has 2 saturated heterocycles. The molecule has 0 saturated carbocycles. The summed E-state index contributed by atoms with van der Waals surface area (Å²) in [4.78, 5) is 9.00. The molecular formula is C18H27FN6O2S. The monoisotopic (exact) mass is 410 g/mol. The van der Waals surface area contributed by atoms with Crippen molar-refractivity contribution < 1.29 is 12.8 Å². The lowest BCUT2D eigenvalue weighted by atomic mass is 9.95. The van der Waals surface area contributed by atoms with E-state index in [2.05, 4.69) is 38.3 Å². The van der Waals surface area contributed by atoms with Crippen LogP contribution in [0.5, 0.6) is 0 Å². The van der Waals surface area contributed by atoms with Crippen LogP contribution in [0.1, 0.15) is 25.8 Å². The van der Waals surface area contributed by atoms with Gasteiger partial charge in [-0.05, 0) is 37.9 Å². The van der Waals surface area contributed by atoms with Gasteiger partial charge in [0.25, 0.3) is 0 Å². The lowest BCUT2D eigenvalue weighted by Crippen LogP contribution is -2.49. The minimum Gasteiger partial charge on any atom is -0.348 e. The number of aromatic nitrogens is 3. The van der Waals surface area contributed by atoms with Crippen LogP contribution in [0.2, 0.25) is 0 Å². The number of piperidine rings is 2. The normalized spacial score (nSPS) is 29.8. The summed E-state index contributed by atoms with van der Waals surface area (Å²) in [5.41, 5.74) is 0.847. The van der Waals surface area contributed by atoms with E-state index in [1.54, 1.807) is 6.20 Å². The Balaban J connectivity index is 1.53. The molecule has 4 rings (SSSR count). The van der Waals surface area contributed by atoms with Crippen molar-refractivity contribution in [2.24, 2.45) is 5.92 Å². The Morgan fingerprint density at radius 2 is 2.18 bits per heavy atom. The van der Waals surface area contributed by atoms with Crippen LogP contribution in [0.25, 0.3) is 11.0 Å². The Kier molecular flexibility index (Phi) is 5.28. The SMILES string of the molecule is CC1CNCCC1n1ccc2cnc(N[C@@H]3CCN(S(C)(=O)=O)C[C@H]3F)nc21. The van der Waals surface area contributed by atoms with Gasteiger partial charge in [-0.25, -0.2) is 17.8 Å². The Morgan fingerprint density at radius 3 is 2.89 bits per heavy atom. The molecule has 2 aromatic heterocycles. The van der Waals surface area contributed by atoms with E-state index in [4.69, 9.17) is 0 Å². The zero-order valence-electron chi connectivity index (χ0n) is 16.2. The summed E-state index contributed by atoms with van der Waals surface area (Å²) < 4.78 is 41.2. The molecule has 0 bridgehead atoms. The highest BCUT2D eigenvalue weighted by Crippen LogP contribution is 2.29. The largest absolute Gasteiger partial charge is 0.348 e. The van der Waals surface area contributed by atoms with Crippen molar-refractivity contribution in [3.63, 3.8) is 0 Å². The van der Waals surface area contributed by atoms with Gasteiger partial charge in [0.1, 0.15) is 11.8 Å². The van der Waals surface area contributed by atoms with Gasteiger partial charge in [0.05, 0.1) is 12.3 Å². The molecule has 10 heteroatoms. The fraction of sp³-hybridized carbons (Fsp3) is 0.667. The summed E-state index contributed by atoms with van der Waals surface area (Å²) in [5.74, 6) is 0.876. The van der Waals surface area contributed by atoms with Gasteiger partial charge in [-0.2, -0.15) is 9.29 Å². The van der Waals surface area contributed by atoms with E-state index < -0.39 is 22.2 Å². The molecule has 0 spiro atoms. The quantitative estimate of drug-likeness (QED) is 0.791. The molecule has 28 heavy (non-hydrogen) atoms. The van der Waals surface area contributed by atoms with Gasteiger partial charge in [0, 0.05) is 36.9 Å². The van der Waals surface area contributed by atoms with Crippen LogP contribution in [0, 0.1) is 5.92 Å². The van der Waals surface area contributed by atoms with E-state index in [0.717, 1.165) is 36.8 Å². The fourth-order valence-electron chi connectivity index (χ4n) is 4.19. The number of hydrogen-bond donors (Lipinski definition) is 2. The first-order valence-corrected chi connectivity index (χ1v) is 11.6. The third-order valence-electron chi connectivity index (χ3n) is 5.84. The van der Waals surface area contributed by atoms with Crippen molar-refractivity contribution in [2.75, 3.05) is 37.8 Å². The van der Waals surface area contributed by atoms with Gasteiger partial charge in [-0.15, -0.1) is 0 Å². The topological polar surface area (TPSA) is 92.2 Å². The van der Waals surface area contributed by atoms with E-state index in [-0.39, 0.29) is 6.54 Å². The molecule has 0 amide bonds. The van der Waals surface area contributed by atoms with Crippen LogP contribution in [-0.4, -0.2) is 71.9 Å². The summed E-state index contributed by atoms with van der Waals surface area (Å²) in [6.07, 6.45) is 5.03. The molecule has 154 valence electrons. The van der Waals surface area contributed by atoms with Gasteiger partial charge in [-0.3, -0.25) is 0 Å². The van der Waals surface area contributed by atoms with E-state index in [9.17, 15) is 12.8 Å². The molecule has 2 aliphatic heterocycles. The van der Waals surface area contributed by atoms with Crippen molar-refractivity contribution in [2.45, 2.75) is 38.0 Å². The number of nitrogens with zero attached hydrogens (tertiary/aromatic N) is 4. The number of hydrogen-bond acceptors (Lipinski definition) is 6. The third-order valence-corrected chi connectivity index (χ3v) is 7.11. The Labute approximate surface area is 164 Å². The smallest absolute Gasteiger partial charge is 0.224 e. The van der Waals surface area contributed by atoms with Crippen LogP contribution in [0.3, 0.4) is 0 Å². The summed E-state index contributed by atoms with van der Waals surface area (Å²) in [5, 5.41) is 7.45. The van der Waals surface area contributed by atoms with Crippen LogP contribution in [0.15, 0.2) is 18.5 Å². The molecular weight excluding hydrogens is 383 g/mol. The minimum atomic E-state index is -3.37. The molecule has 4 atom stereocenters. The predicted octanol–water partition coefficient (Wildman–Crippen LogP) is 1.39. The van der Waals surface area contributed by atoms with Crippen molar-refractivity contribution in [1.29, 1.82) is 0 Å². The van der Waals surface area contributed by atoms with Crippen molar-refractivity contribution >= 4 is 27.0 Å². The van der Waals surface area contributed by atoms with Crippen LogP contribution in [0.4, 0.5) is 10.3 Å². The first-order chi connectivity index (χ1) is 13.3. The predicted molar refractivity (Wildman–Crippen MR) is 107 cm³/mol. The molecule has 2 aromatic rings. The second-order valence-corrected chi connectivity index (χ2v) is 9.89. The minimum absolute atomic E-state index is 0.137. The number of anilines is 1. The summed E-state index contributed by atoms with van der Waals surface area (Å²) in [6, 6.07) is 1.88. The molecule has 2 aliphatic rings. The fourth-order valence-corrected chi connectivity index (χ4v) is 5.05. The number of rotatable bonds is 4. The average Bonchev–Trinajstić information content (AvgIpc) is 3.06. The number of halogens is 1. The molecule has 2 N–H and O–H groups in total. The molecule has 2 fully saturated rings. The summed E-state index contributed by atoms with van der Waals surface area (Å²) in [6.45, 7) is 4.34. The summed E-state index contributed by atoms with van der Waals surface area (Å²) in [7, 11) is -3.37. The lowest BCUT2D eigenvalue weighted by molar-refractivity contribution is 0.186. The number of alkyl halides is 1. The molecule has 8 nitrogen and oxygen atoms in total. The first-order valence-electron chi connectivity index (χ1n) is 9.73. The summed E-state index contributed by atoms with van der Waals surface area (Å²) >= 11 is 0. The second kappa shape index (κ2) is 7.57. The number of nitrogens with one attached hydrogen (secondary N) is 2. The van der Waals surface area contributed by atoms with Gasteiger partial charge in [-0.1, -0.05) is 6.92 Å². The maximum atomic E-state index is 14.6. The highest BCUT2D eigenvalue weighted by atomic mass is 32.2. The Morgan fingerprint density at radius 1 is 1.36 bits per heavy atom. The van der Waals surface area contributed by atoms with E-state index in [1.165, 1.54) is 4.31 Å². The second-order valence-electron chi connectivity index (χ2n) is 7.91. The zero-order valence-corrected chi connectivity index (χ0v) is 17.0. The molecule has 0 radical (unpaired) electrons. The van der Waals surface area contributed by atoms with E-state index >= 15 is 0 Å². The Bertz CT molecular complexity index is 949. The van der Waals surface area contributed by atoms with Crippen molar-refractivity contribution in [3.8, 4) is 0 Å². The van der Waals surface area contributed by atoms with E-state index in [0.29, 0.717) is 30.9 Å². The van der Waals surface area contributed by atoms with Gasteiger partial charge in [0.15, 0.2) is 0 Å². The van der Waals surface area contributed by atoms with Crippen molar-refractivity contribution in [3.05, 3.63) is 18.5 Å². The van der Waals surface area contributed by atoms with Crippen molar-refractivity contribution in [1.82, 2.24) is 24.2 Å². The molecule has 2 unspecified atom stereocenters. The molecule has 0 aromatic carbocycles. The van der Waals surface area contributed by atoms with Crippen LogP contribution >= 0.6 is 0 Å². The highest BCUT2D eigenvalue weighted by molar-refractivity contribution is 7.88. The third kappa shape index (κ3) is 3.85. The number of fused-ring (bicyclic) bond motifs is 1. The highest BCUT2D eigenvalue weighted by Gasteiger charge is 2.33. The maximum Gasteiger partial charge on any atom is 0.224 e. The van der Waals surface area contributed by atoms with Crippen LogP contribution in [-0.2, 0) is 10.0 Å². The first kappa shape index (κ1) is 19.5. The van der Waals surface area contributed by atoms with Gasteiger partial charge in [0.2, 0.25) is 16.0 Å². The number of sulfonamides is 1. The van der Waals surface area contributed by atoms with Gasteiger partial charge >= 0.3 is 0 Å². The lowest BCUT2D eigenvalue weighted by Gasteiger charge is -2.33. The van der Waals surface area contributed by atoms with Crippen LogP contribution < -0.4 is 10.6 Å². The Hall–Kier alpha value is -1.78. The molecule has 4 heterocycles. The average molecular weight is 411 g/mol. The standard InChI is InChI=1S/C18H27FN6O2S/c1-12-9-20-6-3-16(12)25-8-4-13-10-21-18(23-17(13)25)22-15-5-7-24(11-14(15)19)28(2,26)27/h4,8,10,12,14-16,20H,3,5-7,9,11H2,1-2H3,(H,21,22,23)/t12?,14-,15-,16?/m1/s1. The van der Waals surface area contributed by atoms with Gasteiger partial charge < -0.3 is 15.2 Å². The molecule has 0 aliphatic carbocycles.